The largest absolute Gasteiger partial charge is 0.289 e. The summed E-state index contributed by atoms with van der Waals surface area (Å²) in [6, 6.07) is 7.68. The van der Waals surface area contributed by atoms with Gasteiger partial charge in [-0.15, -0.1) is 0 Å². The normalized spacial score (nSPS) is 21.1. The number of nitrogens with zero attached hydrogens (tertiary/aromatic N) is 3. The lowest BCUT2D eigenvalue weighted by atomic mass is 10.2. The lowest BCUT2D eigenvalue weighted by molar-refractivity contribution is -0.123. The van der Waals surface area contributed by atoms with Crippen molar-refractivity contribution in [3.05, 3.63) is 59.1 Å². The highest BCUT2D eigenvalue weighted by Crippen LogP contribution is 2.29. The first-order valence-corrected chi connectivity index (χ1v) is 11.3. The van der Waals surface area contributed by atoms with E-state index in [-0.39, 0.29) is 43.2 Å². The smallest absolute Gasteiger partial charge is 0.251 e. The van der Waals surface area contributed by atoms with Crippen molar-refractivity contribution in [2.75, 3.05) is 31.1 Å². The minimum atomic E-state index is -3.71. The monoisotopic (exact) mass is 469 g/mol. The number of imide groups is 1. The molecule has 1 unspecified atom stereocenters. The van der Waals surface area contributed by atoms with Gasteiger partial charge in [0.15, 0.2) is 0 Å². The molecule has 2 saturated heterocycles. The highest BCUT2D eigenvalue weighted by atomic mass is 35.5. The molecule has 2 aromatic carbocycles. The standard InChI is InChI=1S/C20H18ClF2N3O4S/c21-13-1-4-15(5-2-13)31(29,30)25-9-7-24(8-10-25)18-12-19(27)26(20(18)28)17-6-3-14(22)11-16(17)23/h1-6,11,18H,7-10,12H2. The maximum atomic E-state index is 14.1. The number of sulfonamides is 1. The summed E-state index contributed by atoms with van der Waals surface area (Å²) in [5.74, 6) is -3.00. The van der Waals surface area contributed by atoms with Gasteiger partial charge in [0.05, 0.1) is 23.0 Å². The van der Waals surface area contributed by atoms with Gasteiger partial charge in [-0.2, -0.15) is 4.31 Å². The first-order valence-electron chi connectivity index (χ1n) is 9.50. The Morgan fingerprint density at radius 3 is 2.19 bits per heavy atom. The van der Waals surface area contributed by atoms with Crippen LogP contribution in [0.2, 0.25) is 5.02 Å². The fraction of sp³-hybridized carbons (Fsp3) is 0.300. The fourth-order valence-corrected chi connectivity index (χ4v) is 5.38. The molecule has 11 heteroatoms. The van der Waals surface area contributed by atoms with Gasteiger partial charge >= 0.3 is 0 Å². The van der Waals surface area contributed by atoms with E-state index in [2.05, 4.69) is 0 Å². The molecule has 0 N–H and O–H groups in total. The summed E-state index contributed by atoms with van der Waals surface area (Å²) in [6.07, 6.45) is -0.153. The average Bonchev–Trinajstić information content (AvgIpc) is 3.03. The maximum Gasteiger partial charge on any atom is 0.251 e. The van der Waals surface area contributed by atoms with Crippen LogP contribution < -0.4 is 4.90 Å². The molecule has 2 aliphatic heterocycles. The molecule has 0 saturated carbocycles. The Morgan fingerprint density at radius 2 is 1.58 bits per heavy atom. The molecule has 7 nitrogen and oxygen atoms in total. The van der Waals surface area contributed by atoms with Gasteiger partial charge in [-0.1, -0.05) is 11.6 Å². The number of halogens is 3. The molecule has 2 aromatic rings. The maximum absolute atomic E-state index is 14.1. The second-order valence-corrected chi connectivity index (χ2v) is 9.65. The summed E-state index contributed by atoms with van der Waals surface area (Å²) in [5, 5.41) is 0.426. The molecule has 4 rings (SSSR count). The number of piperazine rings is 1. The predicted octanol–water partition coefficient (Wildman–Crippen LogP) is 2.26. The molecule has 2 aliphatic rings. The zero-order valence-corrected chi connectivity index (χ0v) is 17.7. The van der Waals surface area contributed by atoms with Gasteiger partial charge in [0.25, 0.3) is 5.91 Å². The van der Waals surface area contributed by atoms with E-state index in [9.17, 15) is 26.8 Å². The molecule has 2 heterocycles. The Labute approximate surface area is 182 Å². The van der Waals surface area contributed by atoms with Gasteiger partial charge in [0, 0.05) is 37.3 Å². The van der Waals surface area contributed by atoms with E-state index in [1.165, 1.54) is 28.6 Å². The van der Waals surface area contributed by atoms with Crippen molar-refractivity contribution in [2.24, 2.45) is 0 Å². The number of hydrogen-bond acceptors (Lipinski definition) is 5. The number of carbonyl (C=O) groups is 2. The topological polar surface area (TPSA) is 78.0 Å². The summed E-state index contributed by atoms with van der Waals surface area (Å²) in [6.45, 7) is 0.730. The van der Waals surface area contributed by atoms with E-state index in [0.717, 1.165) is 17.0 Å². The molecule has 0 aliphatic carbocycles. The van der Waals surface area contributed by atoms with Gasteiger partial charge in [-0.25, -0.2) is 22.1 Å². The molecule has 1 atom stereocenters. The molecule has 0 spiro atoms. The highest BCUT2D eigenvalue weighted by molar-refractivity contribution is 7.89. The third-order valence-corrected chi connectivity index (χ3v) is 7.60. The van der Waals surface area contributed by atoms with Crippen molar-refractivity contribution in [1.82, 2.24) is 9.21 Å². The van der Waals surface area contributed by atoms with Gasteiger partial charge < -0.3 is 0 Å². The third-order valence-electron chi connectivity index (χ3n) is 5.44. The number of rotatable bonds is 4. The number of hydrogen-bond donors (Lipinski definition) is 0. The highest BCUT2D eigenvalue weighted by Gasteiger charge is 2.45. The van der Waals surface area contributed by atoms with E-state index < -0.39 is 39.5 Å². The van der Waals surface area contributed by atoms with E-state index >= 15 is 0 Å². The molecule has 0 aromatic heterocycles. The Morgan fingerprint density at radius 1 is 0.935 bits per heavy atom. The van der Waals surface area contributed by atoms with Crippen molar-refractivity contribution in [3.63, 3.8) is 0 Å². The lowest BCUT2D eigenvalue weighted by Crippen LogP contribution is -2.53. The fourth-order valence-electron chi connectivity index (χ4n) is 3.83. The summed E-state index contributed by atoms with van der Waals surface area (Å²) in [4.78, 5) is 27.8. The van der Waals surface area contributed by atoms with Crippen LogP contribution in [0.4, 0.5) is 14.5 Å². The van der Waals surface area contributed by atoms with Gasteiger partial charge in [-0.05, 0) is 36.4 Å². The van der Waals surface area contributed by atoms with Crippen LogP contribution in [0.15, 0.2) is 47.4 Å². The minimum Gasteiger partial charge on any atom is -0.289 e. The lowest BCUT2D eigenvalue weighted by Gasteiger charge is -2.36. The molecule has 164 valence electrons. The Hall–Kier alpha value is -2.40. The van der Waals surface area contributed by atoms with Crippen LogP contribution in [0.1, 0.15) is 6.42 Å². The zero-order chi connectivity index (χ0) is 22.3. The summed E-state index contributed by atoms with van der Waals surface area (Å²) in [5.41, 5.74) is -0.289. The number of anilines is 1. The van der Waals surface area contributed by atoms with Gasteiger partial charge in [-0.3, -0.25) is 14.5 Å². The zero-order valence-electron chi connectivity index (χ0n) is 16.2. The van der Waals surface area contributed by atoms with E-state index in [0.29, 0.717) is 11.1 Å². The summed E-state index contributed by atoms with van der Waals surface area (Å²) >= 11 is 5.82. The van der Waals surface area contributed by atoms with Crippen LogP contribution in [0, 0.1) is 11.6 Å². The molecular weight excluding hydrogens is 452 g/mol. The van der Waals surface area contributed by atoms with Crippen LogP contribution in [0.5, 0.6) is 0 Å². The predicted molar refractivity (Wildman–Crippen MR) is 109 cm³/mol. The Balaban J connectivity index is 1.46. The molecule has 31 heavy (non-hydrogen) atoms. The van der Waals surface area contributed by atoms with Crippen LogP contribution >= 0.6 is 11.6 Å². The number of benzene rings is 2. The van der Waals surface area contributed by atoms with Crippen molar-refractivity contribution < 1.29 is 26.8 Å². The molecule has 0 bridgehead atoms. The second kappa shape index (κ2) is 8.27. The van der Waals surface area contributed by atoms with Crippen LogP contribution in [-0.4, -0.2) is 61.7 Å². The van der Waals surface area contributed by atoms with Crippen LogP contribution in [0.25, 0.3) is 0 Å². The average molecular weight is 470 g/mol. The molecular formula is C20H18ClF2N3O4S. The van der Waals surface area contributed by atoms with E-state index in [4.69, 9.17) is 11.6 Å². The number of amides is 2. The third kappa shape index (κ3) is 4.08. The van der Waals surface area contributed by atoms with E-state index in [1.54, 1.807) is 4.90 Å². The van der Waals surface area contributed by atoms with Gasteiger partial charge in [0.1, 0.15) is 11.6 Å². The second-order valence-electron chi connectivity index (χ2n) is 7.28. The van der Waals surface area contributed by atoms with Gasteiger partial charge in [0.2, 0.25) is 15.9 Å². The van der Waals surface area contributed by atoms with Crippen LogP contribution in [-0.2, 0) is 19.6 Å². The molecule has 2 amide bonds. The molecule has 0 radical (unpaired) electrons. The quantitative estimate of drug-likeness (QED) is 0.642. The SMILES string of the molecule is O=C1CC(N2CCN(S(=O)(=O)c3ccc(Cl)cc3)CC2)C(=O)N1c1ccc(F)cc1F. The van der Waals surface area contributed by atoms with Crippen LogP contribution in [0.3, 0.4) is 0 Å². The summed E-state index contributed by atoms with van der Waals surface area (Å²) < 4.78 is 54.2. The van der Waals surface area contributed by atoms with Crippen molar-refractivity contribution >= 4 is 39.1 Å². The van der Waals surface area contributed by atoms with E-state index in [1.807, 2.05) is 0 Å². The first-order chi connectivity index (χ1) is 14.7. The Bertz CT molecular complexity index is 1140. The minimum absolute atomic E-state index is 0.121. The molecule has 2 fully saturated rings. The summed E-state index contributed by atoms with van der Waals surface area (Å²) in [7, 11) is -3.71. The Kier molecular flexibility index (Phi) is 5.82. The van der Waals surface area contributed by atoms with Crippen molar-refractivity contribution in [2.45, 2.75) is 17.4 Å². The number of carbonyl (C=O) groups excluding carboxylic acids is 2. The van der Waals surface area contributed by atoms with Crippen molar-refractivity contribution in [1.29, 1.82) is 0 Å². The first kappa shape index (κ1) is 21.8. The van der Waals surface area contributed by atoms with Crippen molar-refractivity contribution in [3.8, 4) is 0 Å².